The topological polar surface area (TPSA) is 119 Å². The van der Waals surface area contributed by atoms with Crippen LogP contribution in [0.3, 0.4) is 0 Å². The lowest BCUT2D eigenvalue weighted by molar-refractivity contribution is -0.114. The first-order valence-electron chi connectivity index (χ1n) is 16.3. The summed E-state index contributed by atoms with van der Waals surface area (Å²) >= 11 is 6.67. The quantitative estimate of drug-likeness (QED) is 0.284. The molecule has 4 aromatic rings. The molecule has 1 N–H and O–H groups in total. The molecule has 2 aromatic heterocycles. The van der Waals surface area contributed by atoms with Crippen molar-refractivity contribution in [2.45, 2.75) is 76.9 Å². The van der Waals surface area contributed by atoms with Gasteiger partial charge in [-0.3, -0.25) is 23.6 Å². The summed E-state index contributed by atoms with van der Waals surface area (Å²) in [5, 5.41) is 12.0. The standard InChI is InChI=1S/C36H41ClFN5O6/c1-34(2,3)49-33(46)42-20-35(4,5)48-19-28(42)23-8-12-26(13-9-23)43-29(37)18-27-30(43)39-22-41(32(27)45)21-36(47)14-16-40(17-15-36)31(44)24-6-10-25(38)11-7-24/h6-13,18,22,28,47H,14-17,19-21H2,1-5H3/t28-/m0/s1. The molecule has 0 aliphatic carbocycles. The highest BCUT2D eigenvalue weighted by molar-refractivity contribution is 6.31. The smallest absolute Gasteiger partial charge is 0.410 e. The number of morpholine rings is 1. The lowest BCUT2D eigenvalue weighted by Gasteiger charge is -2.44. The number of aromatic nitrogens is 3. The zero-order valence-electron chi connectivity index (χ0n) is 28.3. The minimum atomic E-state index is -1.23. The Bertz CT molecular complexity index is 1920. The molecule has 6 rings (SSSR count). The average molecular weight is 694 g/mol. The number of fused-ring (bicyclic) bond motifs is 1. The number of amides is 2. The van der Waals surface area contributed by atoms with Gasteiger partial charge in [-0.15, -0.1) is 0 Å². The van der Waals surface area contributed by atoms with E-state index < -0.39 is 28.7 Å². The SMILES string of the molecule is CC(C)(C)OC(=O)N1CC(C)(C)OC[C@H]1c1ccc(-n2c(Cl)cc3c(=O)n(CC4(O)CCN(C(=O)c5ccc(F)cc5)CC4)cnc32)cc1. The van der Waals surface area contributed by atoms with Crippen LogP contribution in [0.2, 0.25) is 5.15 Å². The molecule has 2 saturated heterocycles. The Morgan fingerprint density at radius 2 is 1.73 bits per heavy atom. The van der Waals surface area contributed by atoms with Gasteiger partial charge in [-0.05, 0) is 95.5 Å². The second-order valence-electron chi connectivity index (χ2n) is 14.5. The highest BCUT2D eigenvalue weighted by atomic mass is 35.5. The second kappa shape index (κ2) is 12.9. The van der Waals surface area contributed by atoms with Crippen LogP contribution in [0.1, 0.15) is 69.4 Å². The lowest BCUT2D eigenvalue weighted by atomic mass is 9.91. The van der Waals surface area contributed by atoms with Crippen LogP contribution < -0.4 is 5.56 Å². The third kappa shape index (κ3) is 7.36. The molecule has 13 heteroatoms. The normalized spacial score (nSPS) is 19.2. The van der Waals surface area contributed by atoms with Crippen molar-refractivity contribution < 1.29 is 28.6 Å². The van der Waals surface area contributed by atoms with E-state index in [0.717, 1.165) is 5.56 Å². The van der Waals surface area contributed by atoms with E-state index in [0.29, 0.717) is 35.4 Å². The molecule has 2 aliphatic heterocycles. The summed E-state index contributed by atoms with van der Waals surface area (Å²) in [6.07, 6.45) is 1.51. The van der Waals surface area contributed by atoms with E-state index >= 15 is 0 Å². The Labute approximate surface area is 288 Å². The molecule has 0 radical (unpaired) electrons. The zero-order chi connectivity index (χ0) is 35.3. The maximum Gasteiger partial charge on any atom is 0.410 e. The fourth-order valence-electron chi connectivity index (χ4n) is 6.42. The van der Waals surface area contributed by atoms with Crippen LogP contribution >= 0.6 is 11.6 Å². The van der Waals surface area contributed by atoms with Crippen molar-refractivity contribution in [2.24, 2.45) is 0 Å². The number of nitrogens with zero attached hydrogens (tertiary/aromatic N) is 5. The van der Waals surface area contributed by atoms with E-state index in [1.54, 1.807) is 20.4 Å². The van der Waals surface area contributed by atoms with Crippen LogP contribution in [-0.2, 0) is 16.0 Å². The Balaban J connectivity index is 1.19. The molecule has 2 fully saturated rings. The summed E-state index contributed by atoms with van der Waals surface area (Å²) in [6.45, 7) is 10.6. The predicted octanol–water partition coefficient (Wildman–Crippen LogP) is 5.73. The first-order valence-corrected chi connectivity index (χ1v) is 16.7. The number of aliphatic hydroxyl groups is 1. The van der Waals surface area contributed by atoms with Gasteiger partial charge >= 0.3 is 6.09 Å². The Morgan fingerprint density at radius 1 is 1.08 bits per heavy atom. The zero-order valence-corrected chi connectivity index (χ0v) is 29.0. The number of benzene rings is 2. The van der Waals surface area contributed by atoms with Crippen LogP contribution in [0.5, 0.6) is 0 Å². The van der Waals surface area contributed by atoms with Gasteiger partial charge in [-0.25, -0.2) is 14.2 Å². The molecule has 4 heterocycles. The lowest BCUT2D eigenvalue weighted by Crippen LogP contribution is -2.53. The number of carbonyl (C=O) groups is 2. The molecule has 0 bridgehead atoms. The van der Waals surface area contributed by atoms with Gasteiger partial charge in [0.2, 0.25) is 0 Å². The van der Waals surface area contributed by atoms with Gasteiger partial charge in [0.05, 0.1) is 42.3 Å². The number of halogens is 2. The largest absolute Gasteiger partial charge is 0.444 e. The minimum Gasteiger partial charge on any atom is -0.444 e. The monoisotopic (exact) mass is 693 g/mol. The molecule has 2 aromatic carbocycles. The van der Waals surface area contributed by atoms with E-state index in [-0.39, 0.29) is 55.1 Å². The van der Waals surface area contributed by atoms with Gasteiger partial charge in [0, 0.05) is 24.3 Å². The summed E-state index contributed by atoms with van der Waals surface area (Å²) in [6, 6.07) is 14.1. The Hall–Kier alpha value is -4.26. The van der Waals surface area contributed by atoms with Crippen molar-refractivity contribution in [3.05, 3.63) is 93.4 Å². The molecule has 0 spiro atoms. The van der Waals surface area contributed by atoms with Gasteiger partial charge in [0.1, 0.15) is 22.9 Å². The highest BCUT2D eigenvalue weighted by Crippen LogP contribution is 2.34. The number of ether oxygens (including phenoxy) is 2. The first-order chi connectivity index (χ1) is 23.0. The molecule has 2 aliphatic rings. The summed E-state index contributed by atoms with van der Waals surface area (Å²) in [4.78, 5) is 47.6. The molecule has 0 saturated carbocycles. The maximum atomic E-state index is 13.6. The third-order valence-corrected chi connectivity index (χ3v) is 9.28. The average Bonchev–Trinajstić information content (AvgIpc) is 3.38. The Morgan fingerprint density at radius 3 is 2.37 bits per heavy atom. The summed E-state index contributed by atoms with van der Waals surface area (Å²) in [5.41, 5.74) is -0.485. The van der Waals surface area contributed by atoms with Crippen molar-refractivity contribution in [2.75, 3.05) is 26.2 Å². The predicted molar refractivity (Wildman–Crippen MR) is 183 cm³/mol. The highest BCUT2D eigenvalue weighted by Gasteiger charge is 2.39. The number of piperidine rings is 1. The molecule has 0 unspecified atom stereocenters. The van der Waals surface area contributed by atoms with E-state index in [1.165, 1.54) is 35.2 Å². The van der Waals surface area contributed by atoms with E-state index in [4.69, 9.17) is 21.1 Å². The van der Waals surface area contributed by atoms with Gasteiger partial charge in [-0.2, -0.15) is 0 Å². The van der Waals surface area contributed by atoms with Crippen molar-refractivity contribution in [1.82, 2.24) is 23.9 Å². The molecular weight excluding hydrogens is 653 g/mol. The number of hydrogen-bond acceptors (Lipinski definition) is 7. The minimum absolute atomic E-state index is 0.000733. The number of carbonyl (C=O) groups excluding carboxylic acids is 2. The molecule has 2 amide bonds. The second-order valence-corrected chi connectivity index (χ2v) is 14.9. The van der Waals surface area contributed by atoms with Gasteiger partial charge in [0.15, 0.2) is 5.65 Å². The Kier molecular flexibility index (Phi) is 9.10. The van der Waals surface area contributed by atoms with Crippen molar-refractivity contribution >= 4 is 34.6 Å². The first kappa shape index (κ1) is 34.6. The van der Waals surface area contributed by atoms with Crippen LogP contribution in [0.25, 0.3) is 16.7 Å². The van der Waals surface area contributed by atoms with Crippen molar-refractivity contribution in [1.29, 1.82) is 0 Å². The number of rotatable bonds is 5. The van der Waals surface area contributed by atoms with Crippen molar-refractivity contribution in [3.8, 4) is 5.69 Å². The van der Waals surface area contributed by atoms with Crippen LogP contribution in [0.4, 0.5) is 9.18 Å². The molecule has 260 valence electrons. The van der Waals surface area contributed by atoms with E-state index in [2.05, 4.69) is 4.98 Å². The van der Waals surface area contributed by atoms with Gasteiger partial charge < -0.3 is 19.5 Å². The molecule has 49 heavy (non-hydrogen) atoms. The molecule has 11 nitrogen and oxygen atoms in total. The van der Waals surface area contributed by atoms with E-state index in [9.17, 15) is 23.9 Å². The summed E-state index contributed by atoms with van der Waals surface area (Å²) < 4.78 is 28.1. The van der Waals surface area contributed by atoms with Gasteiger partial charge in [0.25, 0.3) is 11.5 Å². The fourth-order valence-corrected chi connectivity index (χ4v) is 6.70. The third-order valence-electron chi connectivity index (χ3n) is 9.00. The van der Waals surface area contributed by atoms with Crippen LogP contribution in [0.15, 0.2) is 65.7 Å². The molecule has 1 atom stereocenters. The van der Waals surface area contributed by atoms with Crippen LogP contribution in [0, 0.1) is 5.82 Å². The maximum absolute atomic E-state index is 13.6. The van der Waals surface area contributed by atoms with Crippen LogP contribution in [-0.4, -0.2) is 84.1 Å². The number of likely N-dealkylation sites (tertiary alicyclic amines) is 1. The summed E-state index contributed by atoms with van der Waals surface area (Å²) in [5.74, 6) is -0.652. The van der Waals surface area contributed by atoms with Gasteiger partial charge in [-0.1, -0.05) is 23.7 Å². The van der Waals surface area contributed by atoms with E-state index in [1.807, 2.05) is 58.9 Å². The summed E-state index contributed by atoms with van der Waals surface area (Å²) in [7, 11) is 0. The number of hydrogen-bond donors (Lipinski definition) is 1. The fraction of sp³-hybridized carbons (Fsp3) is 0.444. The van der Waals surface area contributed by atoms with Crippen molar-refractivity contribution in [3.63, 3.8) is 0 Å². The molecular formula is C36H41ClFN5O6.